The lowest BCUT2D eigenvalue weighted by Gasteiger charge is -2.00. The Morgan fingerprint density at radius 3 is 3.00 bits per heavy atom. The molecule has 0 aromatic carbocycles. The van der Waals surface area contributed by atoms with Gasteiger partial charge in [0.15, 0.2) is 0 Å². The van der Waals surface area contributed by atoms with Crippen LogP contribution < -0.4 is 4.74 Å². The molecule has 2 nitrogen and oxygen atoms in total. The topological polar surface area (TPSA) is 22.1 Å². The minimum Gasteiger partial charge on any atom is -0.422 e. The second-order valence-electron chi connectivity index (χ2n) is 1.72. The molecule has 0 aliphatic heterocycles. The molecule has 0 unspecified atom stereocenters. The summed E-state index contributed by atoms with van der Waals surface area (Å²) in [6.45, 7) is 0. The lowest BCUT2D eigenvalue weighted by Crippen LogP contribution is -1.99. The second kappa shape index (κ2) is 4.31. The molecule has 0 amide bonds. The summed E-state index contributed by atoms with van der Waals surface area (Å²) in [6, 6.07) is 5.45. The van der Waals surface area contributed by atoms with Crippen molar-refractivity contribution in [2.75, 3.05) is 6.26 Å². The third-order valence-electron chi connectivity index (χ3n) is 0.992. The number of thiocarbonyl (C=S) groups is 1. The number of ether oxygens (including phenoxy) is 1. The Morgan fingerprint density at radius 2 is 2.45 bits per heavy atom. The Morgan fingerprint density at radius 1 is 1.64 bits per heavy atom. The lowest BCUT2D eigenvalue weighted by molar-refractivity contribution is 0.554. The highest BCUT2D eigenvalue weighted by molar-refractivity contribution is 8.22. The zero-order valence-corrected chi connectivity index (χ0v) is 7.61. The summed E-state index contributed by atoms with van der Waals surface area (Å²) in [6.07, 6.45) is 3.53. The molecule has 0 bridgehead atoms. The molecule has 11 heavy (non-hydrogen) atoms. The van der Waals surface area contributed by atoms with Gasteiger partial charge < -0.3 is 4.74 Å². The fourth-order valence-electron chi connectivity index (χ4n) is 0.535. The number of rotatable bonds is 1. The largest absolute Gasteiger partial charge is 0.422 e. The highest BCUT2D eigenvalue weighted by atomic mass is 32.2. The maximum absolute atomic E-state index is 5.15. The predicted molar refractivity (Wildman–Crippen MR) is 51.0 cm³/mol. The highest BCUT2D eigenvalue weighted by Gasteiger charge is 1.96. The molecule has 58 valence electrons. The summed E-state index contributed by atoms with van der Waals surface area (Å²) in [5.41, 5.74) is 0. The van der Waals surface area contributed by atoms with Gasteiger partial charge in [0.25, 0.3) is 0 Å². The molecule has 0 saturated heterocycles. The third-order valence-corrected chi connectivity index (χ3v) is 1.99. The van der Waals surface area contributed by atoms with E-state index in [0.717, 1.165) is 0 Å². The van der Waals surface area contributed by atoms with Gasteiger partial charge >= 0.3 is 0 Å². The van der Waals surface area contributed by atoms with Crippen molar-refractivity contribution in [3.8, 4) is 5.88 Å². The number of nitrogens with zero attached hydrogens (tertiary/aromatic N) is 1. The van der Waals surface area contributed by atoms with Crippen LogP contribution in [0.25, 0.3) is 0 Å². The SMILES string of the molecule is CSC(=S)Oc1ccccn1. The van der Waals surface area contributed by atoms with E-state index in [1.54, 1.807) is 12.3 Å². The van der Waals surface area contributed by atoms with E-state index in [9.17, 15) is 0 Å². The van der Waals surface area contributed by atoms with Crippen molar-refractivity contribution < 1.29 is 4.74 Å². The van der Waals surface area contributed by atoms with Gasteiger partial charge in [-0.05, 0) is 24.5 Å². The monoisotopic (exact) mass is 185 g/mol. The van der Waals surface area contributed by atoms with Crippen LogP contribution in [0.3, 0.4) is 0 Å². The van der Waals surface area contributed by atoms with Crippen LogP contribution in [0.1, 0.15) is 0 Å². The first-order valence-corrected chi connectivity index (χ1v) is 4.63. The second-order valence-corrected chi connectivity index (χ2v) is 3.13. The van der Waals surface area contributed by atoms with Crippen molar-refractivity contribution in [3.63, 3.8) is 0 Å². The van der Waals surface area contributed by atoms with Gasteiger partial charge in [0.05, 0.1) is 0 Å². The molecule has 1 aromatic heterocycles. The van der Waals surface area contributed by atoms with Crippen LogP contribution in [0.15, 0.2) is 24.4 Å². The Balaban J connectivity index is 2.58. The van der Waals surface area contributed by atoms with Gasteiger partial charge in [-0.3, -0.25) is 0 Å². The fourth-order valence-corrected chi connectivity index (χ4v) is 0.789. The number of hydrogen-bond acceptors (Lipinski definition) is 4. The van der Waals surface area contributed by atoms with Crippen molar-refractivity contribution in [3.05, 3.63) is 24.4 Å². The van der Waals surface area contributed by atoms with Crippen molar-refractivity contribution >= 4 is 28.4 Å². The standard InChI is InChI=1S/C7H7NOS2/c1-11-7(10)9-6-4-2-3-5-8-6/h2-5H,1H3. The van der Waals surface area contributed by atoms with Gasteiger partial charge in [0, 0.05) is 12.3 Å². The van der Waals surface area contributed by atoms with Gasteiger partial charge in [-0.1, -0.05) is 17.8 Å². The highest BCUT2D eigenvalue weighted by Crippen LogP contribution is 2.08. The van der Waals surface area contributed by atoms with Crippen LogP contribution in [0, 0.1) is 0 Å². The molecular formula is C7H7NOS2. The first-order valence-electron chi connectivity index (χ1n) is 3.00. The molecule has 1 aromatic rings. The minimum absolute atomic E-state index is 0.490. The Hall–Kier alpha value is -0.610. The Kier molecular flexibility index (Phi) is 3.32. The first kappa shape index (κ1) is 8.49. The molecule has 0 radical (unpaired) electrons. The van der Waals surface area contributed by atoms with Crippen LogP contribution in [-0.2, 0) is 0 Å². The van der Waals surface area contributed by atoms with Gasteiger partial charge in [0.2, 0.25) is 10.3 Å². The quantitative estimate of drug-likeness (QED) is 0.625. The smallest absolute Gasteiger partial charge is 0.227 e. The van der Waals surface area contributed by atoms with Crippen molar-refractivity contribution in [2.24, 2.45) is 0 Å². The van der Waals surface area contributed by atoms with E-state index in [2.05, 4.69) is 4.98 Å². The maximum atomic E-state index is 5.15. The fraction of sp³-hybridized carbons (Fsp3) is 0.143. The molecule has 1 heterocycles. The maximum Gasteiger partial charge on any atom is 0.227 e. The molecule has 0 aliphatic carbocycles. The number of pyridine rings is 1. The Bertz CT molecular complexity index is 237. The molecule has 0 spiro atoms. The number of aromatic nitrogens is 1. The summed E-state index contributed by atoms with van der Waals surface area (Å²) in [5, 5.41) is 0. The molecule has 0 atom stereocenters. The normalized spacial score (nSPS) is 9.18. The molecule has 0 N–H and O–H groups in total. The summed E-state index contributed by atoms with van der Waals surface area (Å²) in [5.74, 6) is 0.548. The average Bonchev–Trinajstić information content (AvgIpc) is 2.06. The van der Waals surface area contributed by atoms with Crippen molar-refractivity contribution in [1.82, 2.24) is 4.98 Å². The predicted octanol–water partition coefficient (Wildman–Crippen LogP) is 2.11. The van der Waals surface area contributed by atoms with E-state index < -0.39 is 0 Å². The van der Waals surface area contributed by atoms with E-state index >= 15 is 0 Å². The van der Waals surface area contributed by atoms with Gasteiger partial charge in [-0.2, -0.15) is 0 Å². The zero-order valence-electron chi connectivity index (χ0n) is 5.98. The van der Waals surface area contributed by atoms with Gasteiger partial charge in [-0.15, -0.1) is 0 Å². The van der Waals surface area contributed by atoms with Crippen LogP contribution in [-0.4, -0.2) is 15.6 Å². The minimum atomic E-state index is 0.490. The van der Waals surface area contributed by atoms with Crippen molar-refractivity contribution in [1.29, 1.82) is 0 Å². The first-order chi connectivity index (χ1) is 5.33. The lowest BCUT2D eigenvalue weighted by atomic mass is 10.5. The van der Waals surface area contributed by atoms with E-state index in [1.165, 1.54) is 11.8 Å². The summed E-state index contributed by atoms with van der Waals surface area (Å²) < 4.78 is 5.64. The Labute approximate surface area is 75.0 Å². The van der Waals surface area contributed by atoms with E-state index in [-0.39, 0.29) is 0 Å². The average molecular weight is 185 g/mol. The molecule has 4 heteroatoms. The van der Waals surface area contributed by atoms with E-state index in [1.807, 2.05) is 18.4 Å². The molecular weight excluding hydrogens is 178 g/mol. The number of thioether (sulfide) groups is 1. The van der Waals surface area contributed by atoms with Gasteiger partial charge in [0.1, 0.15) is 0 Å². The van der Waals surface area contributed by atoms with Crippen molar-refractivity contribution in [2.45, 2.75) is 0 Å². The molecule has 0 aliphatic rings. The van der Waals surface area contributed by atoms with Crippen LogP contribution in [0.4, 0.5) is 0 Å². The number of hydrogen-bond donors (Lipinski definition) is 0. The van der Waals surface area contributed by atoms with E-state index in [4.69, 9.17) is 17.0 Å². The van der Waals surface area contributed by atoms with Crippen LogP contribution in [0.2, 0.25) is 0 Å². The molecule has 0 saturated carbocycles. The molecule has 0 fully saturated rings. The summed E-state index contributed by atoms with van der Waals surface area (Å²) in [7, 11) is 0. The molecule has 1 rings (SSSR count). The summed E-state index contributed by atoms with van der Waals surface area (Å²) in [4.78, 5) is 3.94. The van der Waals surface area contributed by atoms with Gasteiger partial charge in [-0.25, -0.2) is 4.98 Å². The van der Waals surface area contributed by atoms with E-state index in [0.29, 0.717) is 10.3 Å². The third kappa shape index (κ3) is 2.86. The zero-order chi connectivity index (χ0) is 8.10. The summed E-state index contributed by atoms with van der Waals surface area (Å²) >= 11 is 6.23. The van der Waals surface area contributed by atoms with Crippen LogP contribution >= 0.6 is 24.0 Å². The van der Waals surface area contributed by atoms with Crippen LogP contribution in [0.5, 0.6) is 5.88 Å².